The Kier molecular flexibility index (Phi) is 5.00. The van der Waals surface area contributed by atoms with Crippen molar-refractivity contribution in [3.8, 4) is 56.0 Å². The molecule has 1 aliphatic carbocycles. The third-order valence-electron chi connectivity index (χ3n) is 9.22. The minimum atomic E-state index is 0.677. The van der Waals surface area contributed by atoms with Crippen LogP contribution in [0, 0.1) is 0 Å². The van der Waals surface area contributed by atoms with Gasteiger partial charge in [0, 0.05) is 38.2 Å². The largest absolute Gasteiger partial charge is 0.455 e. The molecule has 2 aromatic heterocycles. The van der Waals surface area contributed by atoms with Gasteiger partial charge in [-0.3, -0.25) is 0 Å². The van der Waals surface area contributed by atoms with Crippen LogP contribution < -0.4 is 0 Å². The topological polar surface area (TPSA) is 38.9 Å². The molecule has 7 aromatic carbocycles. The van der Waals surface area contributed by atoms with Gasteiger partial charge in [-0.15, -0.1) is 0 Å². The number of rotatable bonds is 3. The summed E-state index contributed by atoms with van der Waals surface area (Å²) in [6.45, 7) is 0. The van der Waals surface area contributed by atoms with Crippen molar-refractivity contribution >= 4 is 43.6 Å². The fourth-order valence-electron chi connectivity index (χ4n) is 7.21. The van der Waals surface area contributed by atoms with E-state index in [0.717, 1.165) is 60.8 Å². The SMILES string of the molecule is c1ccc(-c2ccccc2-c2nc(-c3ccc4c(c3)oc3c5c6c(cccc6cc34)-c3ccccc3-5)nc3ccccc23)cc1. The minimum Gasteiger partial charge on any atom is -0.455 e. The molecule has 0 aliphatic heterocycles. The van der Waals surface area contributed by atoms with E-state index < -0.39 is 0 Å². The van der Waals surface area contributed by atoms with Crippen LogP contribution in [-0.4, -0.2) is 9.97 Å². The Hall–Kier alpha value is -6.06. The van der Waals surface area contributed by atoms with Crippen LogP contribution in [0.3, 0.4) is 0 Å². The maximum Gasteiger partial charge on any atom is 0.160 e. The highest BCUT2D eigenvalue weighted by atomic mass is 16.3. The van der Waals surface area contributed by atoms with Crippen LogP contribution in [-0.2, 0) is 0 Å². The summed E-state index contributed by atoms with van der Waals surface area (Å²) < 4.78 is 6.76. The number of aromatic nitrogens is 2. The third-order valence-corrected chi connectivity index (χ3v) is 9.22. The van der Waals surface area contributed by atoms with Crippen molar-refractivity contribution in [2.75, 3.05) is 0 Å². The number of furan rings is 1. The van der Waals surface area contributed by atoms with Crippen molar-refractivity contribution in [2.24, 2.45) is 0 Å². The molecule has 0 spiro atoms. The van der Waals surface area contributed by atoms with E-state index in [4.69, 9.17) is 14.4 Å². The standard InChI is InChI=1S/C42H24N2O/c1-2-11-25(12-3-1)28-14-4-7-17-33(28)40-34-18-8-9-20-36(34)43-42(44-40)27-21-22-30-35-23-26-13-10-19-31-29-15-5-6-16-32(29)39(38(26)31)41(35)45-37(30)24-27/h1-24H. The molecule has 2 heterocycles. The minimum absolute atomic E-state index is 0.677. The molecular formula is C42H24N2O. The Morgan fingerprint density at radius 3 is 2.07 bits per heavy atom. The fraction of sp³-hybridized carbons (Fsp3) is 0. The molecule has 0 fully saturated rings. The zero-order valence-electron chi connectivity index (χ0n) is 24.2. The molecule has 9 aromatic rings. The first-order chi connectivity index (χ1) is 22.3. The highest BCUT2D eigenvalue weighted by molar-refractivity contribution is 6.26. The van der Waals surface area contributed by atoms with Gasteiger partial charge < -0.3 is 4.42 Å². The summed E-state index contributed by atoms with van der Waals surface area (Å²) in [6.07, 6.45) is 0. The summed E-state index contributed by atoms with van der Waals surface area (Å²) in [5, 5.41) is 5.75. The predicted molar refractivity (Wildman–Crippen MR) is 185 cm³/mol. The molecule has 1 aliphatic rings. The van der Waals surface area contributed by atoms with Crippen LogP contribution in [0.2, 0.25) is 0 Å². The summed E-state index contributed by atoms with van der Waals surface area (Å²) in [5.41, 5.74) is 12.9. The average molecular weight is 573 g/mol. The summed E-state index contributed by atoms with van der Waals surface area (Å²) in [4.78, 5) is 10.3. The number of para-hydroxylation sites is 1. The number of fused-ring (bicyclic) bond motifs is 8. The molecule has 208 valence electrons. The van der Waals surface area contributed by atoms with Crippen molar-refractivity contribution in [2.45, 2.75) is 0 Å². The van der Waals surface area contributed by atoms with Gasteiger partial charge in [-0.1, -0.05) is 121 Å². The Bertz CT molecular complexity index is 2650. The maximum absolute atomic E-state index is 6.76. The average Bonchev–Trinajstić information content (AvgIpc) is 3.64. The molecule has 0 amide bonds. The van der Waals surface area contributed by atoms with Gasteiger partial charge in [0.05, 0.1) is 11.2 Å². The summed E-state index contributed by atoms with van der Waals surface area (Å²) >= 11 is 0. The van der Waals surface area contributed by atoms with Crippen molar-refractivity contribution in [1.29, 1.82) is 0 Å². The number of nitrogens with zero attached hydrogens (tertiary/aromatic N) is 2. The van der Waals surface area contributed by atoms with Crippen molar-refractivity contribution in [3.63, 3.8) is 0 Å². The molecule has 0 atom stereocenters. The highest BCUT2D eigenvalue weighted by Gasteiger charge is 2.26. The molecule has 0 unspecified atom stereocenters. The molecule has 45 heavy (non-hydrogen) atoms. The van der Waals surface area contributed by atoms with E-state index in [1.165, 1.54) is 33.0 Å². The Morgan fingerprint density at radius 1 is 0.444 bits per heavy atom. The second-order valence-electron chi connectivity index (χ2n) is 11.7. The molecule has 0 saturated heterocycles. The van der Waals surface area contributed by atoms with E-state index in [0.29, 0.717) is 5.82 Å². The van der Waals surface area contributed by atoms with Crippen LogP contribution >= 0.6 is 0 Å². The maximum atomic E-state index is 6.76. The first-order valence-corrected chi connectivity index (χ1v) is 15.3. The van der Waals surface area contributed by atoms with Gasteiger partial charge in [0.1, 0.15) is 11.2 Å². The first kappa shape index (κ1) is 24.4. The lowest BCUT2D eigenvalue weighted by Gasteiger charge is -2.13. The normalized spacial score (nSPS) is 12.0. The molecule has 3 heteroatoms. The fourth-order valence-corrected chi connectivity index (χ4v) is 7.21. The van der Waals surface area contributed by atoms with E-state index in [1.807, 2.05) is 12.1 Å². The molecule has 0 radical (unpaired) electrons. The molecule has 0 bridgehead atoms. The molecule has 3 nitrogen and oxygen atoms in total. The van der Waals surface area contributed by atoms with Gasteiger partial charge in [-0.05, 0) is 57.5 Å². The van der Waals surface area contributed by atoms with Crippen LogP contribution in [0.5, 0.6) is 0 Å². The van der Waals surface area contributed by atoms with E-state index in [9.17, 15) is 0 Å². The zero-order valence-corrected chi connectivity index (χ0v) is 24.2. The lowest BCUT2D eigenvalue weighted by molar-refractivity contribution is 0.670. The predicted octanol–water partition coefficient (Wildman–Crippen LogP) is 11.3. The van der Waals surface area contributed by atoms with Crippen LogP contribution in [0.4, 0.5) is 0 Å². The molecule has 10 rings (SSSR count). The van der Waals surface area contributed by atoms with Gasteiger partial charge in [0.15, 0.2) is 5.82 Å². The molecule has 0 saturated carbocycles. The Labute approximate surface area is 259 Å². The van der Waals surface area contributed by atoms with E-state index in [1.54, 1.807) is 0 Å². The molecule has 0 N–H and O–H groups in total. The smallest absolute Gasteiger partial charge is 0.160 e. The number of hydrogen-bond acceptors (Lipinski definition) is 3. The van der Waals surface area contributed by atoms with Gasteiger partial charge in [0.25, 0.3) is 0 Å². The van der Waals surface area contributed by atoms with Crippen molar-refractivity contribution in [3.05, 3.63) is 146 Å². The van der Waals surface area contributed by atoms with E-state index in [2.05, 4.69) is 133 Å². The van der Waals surface area contributed by atoms with Crippen LogP contribution in [0.15, 0.2) is 150 Å². The van der Waals surface area contributed by atoms with Gasteiger partial charge in [0.2, 0.25) is 0 Å². The van der Waals surface area contributed by atoms with Gasteiger partial charge in [-0.2, -0.15) is 0 Å². The lowest BCUT2D eigenvalue weighted by Crippen LogP contribution is -1.96. The lowest BCUT2D eigenvalue weighted by atomic mass is 9.95. The number of hydrogen-bond donors (Lipinski definition) is 0. The number of benzene rings is 7. The summed E-state index contributed by atoms with van der Waals surface area (Å²) in [5.74, 6) is 0.677. The van der Waals surface area contributed by atoms with Gasteiger partial charge in [-0.25, -0.2) is 9.97 Å². The molecular weight excluding hydrogens is 548 g/mol. The van der Waals surface area contributed by atoms with Crippen molar-refractivity contribution < 1.29 is 4.42 Å². The summed E-state index contributed by atoms with van der Waals surface area (Å²) in [6, 6.07) is 51.1. The monoisotopic (exact) mass is 572 g/mol. The van der Waals surface area contributed by atoms with Crippen molar-refractivity contribution in [1.82, 2.24) is 9.97 Å². The quantitative estimate of drug-likeness (QED) is 0.211. The van der Waals surface area contributed by atoms with Crippen LogP contribution in [0.25, 0.3) is 99.6 Å². The first-order valence-electron chi connectivity index (χ1n) is 15.3. The van der Waals surface area contributed by atoms with Crippen LogP contribution in [0.1, 0.15) is 0 Å². The zero-order chi connectivity index (χ0) is 29.5. The van der Waals surface area contributed by atoms with Gasteiger partial charge >= 0.3 is 0 Å². The third kappa shape index (κ3) is 3.52. The van der Waals surface area contributed by atoms with E-state index >= 15 is 0 Å². The second-order valence-corrected chi connectivity index (χ2v) is 11.7. The summed E-state index contributed by atoms with van der Waals surface area (Å²) in [7, 11) is 0. The second kappa shape index (κ2) is 9.22. The highest BCUT2D eigenvalue weighted by Crippen LogP contribution is 2.52. The Balaban J connectivity index is 1.20. The Morgan fingerprint density at radius 2 is 1.18 bits per heavy atom. The van der Waals surface area contributed by atoms with E-state index in [-0.39, 0.29) is 0 Å².